The van der Waals surface area contributed by atoms with Gasteiger partial charge in [0, 0.05) is 18.8 Å². The van der Waals surface area contributed by atoms with Gasteiger partial charge >= 0.3 is 5.97 Å². The maximum Gasteiger partial charge on any atom is 0.338 e. The number of carbonyl (C=O) groups excluding carboxylic acids is 2. The van der Waals surface area contributed by atoms with Gasteiger partial charge in [0.15, 0.2) is 6.61 Å². The quantitative estimate of drug-likeness (QED) is 0.468. The van der Waals surface area contributed by atoms with Gasteiger partial charge in [-0.2, -0.15) is 4.31 Å². The first-order valence-corrected chi connectivity index (χ1v) is 13.1. The summed E-state index contributed by atoms with van der Waals surface area (Å²) >= 11 is 0. The first-order chi connectivity index (χ1) is 17.3. The molecule has 188 valence electrons. The molecule has 1 saturated heterocycles. The van der Waals surface area contributed by atoms with Crippen LogP contribution in [0.25, 0.3) is 0 Å². The number of anilines is 1. The molecular formula is C27H28N2O6S. The number of nitrogens with one attached hydrogen (secondary N) is 1. The second kappa shape index (κ2) is 11.5. The molecule has 1 amide bonds. The predicted molar refractivity (Wildman–Crippen MR) is 135 cm³/mol. The number of rotatable bonds is 8. The van der Waals surface area contributed by atoms with Crippen LogP contribution < -0.4 is 5.32 Å². The van der Waals surface area contributed by atoms with E-state index in [0.29, 0.717) is 36.4 Å². The molecular weight excluding hydrogens is 480 g/mol. The van der Waals surface area contributed by atoms with Gasteiger partial charge in [-0.15, -0.1) is 0 Å². The van der Waals surface area contributed by atoms with Crippen LogP contribution in [0.3, 0.4) is 0 Å². The number of morpholine rings is 1. The van der Waals surface area contributed by atoms with Crippen molar-refractivity contribution in [2.45, 2.75) is 18.2 Å². The van der Waals surface area contributed by atoms with Crippen molar-refractivity contribution in [3.05, 3.63) is 95.1 Å². The third kappa shape index (κ3) is 6.17. The van der Waals surface area contributed by atoms with E-state index in [0.717, 1.165) is 11.1 Å². The lowest BCUT2D eigenvalue weighted by molar-refractivity contribution is -0.119. The van der Waals surface area contributed by atoms with Gasteiger partial charge in [-0.1, -0.05) is 54.6 Å². The summed E-state index contributed by atoms with van der Waals surface area (Å²) in [5, 5.41) is 2.62. The van der Waals surface area contributed by atoms with E-state index in [9.17, 15) is 18.0 Å². The van der Waals surface area contributed by atoms with E-state index in [1.807, 2.05) is 42.5 Å². The molecule has 0 spiro atoms. The molecule has 36 heavy (non-hydrogen) atoms. The van der Waals surface area contributed by atoms with E-state index < -0.39 is 28.5 Å². The molecule has 1 aliphatic rings. The number of hydrogen-bond donors (Lipinski definition) is 1. The number of hydrogen-bond acceptors (Lipinski definition) is 6. The van der Waals surface area contributed by atoms with Gasteiger partial charge in [0.25, 0.3) is 5.91 Å². The maximum atomic E-state index is 13.1. The summed E-state index contributed by atoms with van der Waals surface area (Å²) in [4.78, 5) is 25.3. The molecule has 0 unspecified atom stereocenters. The van der Waals surface area contributed by atoms with Gasteiger partial charge < -0.3 is 14.8 Å². The van der Waals surface area contributed by atoms with Crippen LogP contribution in [0.4, 0.5) is 5.69 Å². The monoisotopic (exact) mass is 508 g/mol. The fourth-order valence-corrected chi connectivity index (χ4v) is 5.64. The number of amides is 1. The standard InChI is InChI=1S/C27H28N2O6S/c1-20-11-12-23(18-25(20)36(32,33)29-13-15-34-16-14-29)28-26(30)19-35-27(31)24-10-6-5-9-22(24)17-21-7-3-2-4-8-21/h2-12,18H,13-17,19H2,1H3,(H,28,30). The van der Waals surface area contributed by atoms with E-state index >= 15 is 0 Å². The van der Waals surface area contributed by atoms with Crippen molar-refractivity contribution in [2.75, 3.05) is 38.2 Å². The molecule has 0 bridgehead atoms. The molecule has 0 saturated carbocycles. The molecule has 1 aliphatic heterocycles. The molecule has 1 N–H and O–H groups in total. The minimum atomic E-state index is -3.73. The average Bonchev–Trinajstić information content (AvgIpc) is 2.90. The van der Waals surface area contributed by atoms with E-state index in [1.54, 1.807) is 31.2 Å². The van der Waals surface area contributed by atoms with Gasteiger partial charge in [-0.05, 0) is 48.2 Å². The number of esters is 1. The minimum Gasteiger partial charge on any atom is -0.452 e. The zero-order valence-electron chi connectivity index (χ0n) is 20.0. The Morgan fingerprint density at radius 3 is 2.42 bits per heavy atom. The van der Waals surface area contributed by atoms with Crippen LogP contribution in [0.5, 0.6) is 0 Å². The number of carbonyl (C=O) groups is 2. The Hall–Kier alpha value is -3.53. The molecule has 1 heterocycles. The van der Waals surface area contributed by atoms with E-state index in [2.05, 4.69) is 5.32 Å². The molecule has 0 atom stereocenters. The normalized spacial score (nSPS) is 14.2. The highest BCUT2D eigenvalue weighted by Crippen LogP contribution is 2.24. The average molecular weight is 509 g/mol. The maximum absolute atomic E-state index is 13.1. The van der Waals surface area contributed by atoms with Crippen molar-refractivity contribution in [2.24, 2.45) is 0 Å². The van der Waals surface area contributed by atoms with E-state index in [-0.39, 0.29) is 18.0 Å². The Morgan fingerprint density at radius 2 is 1.67 bits per heavy atom. The summed E-state index contributed by atoms with van der Waals surface area (Å²) < 4.78 is 38.0. The minimum absolute atomic E-state index is 0.119. The molecule has 0 aromatic heterocycles. The Morgan fingerprint density at radius 1 is 0.972 bits per heavy atom. The van der Waals surface area contributed by atoms with Crippen LogP contribution in [0.2, 0.25) is 0 Å². The van der Waals surface area contributed by atoms with E-state index in [1.165, 1.54) is 10.4 Å². The summed E-state index contributed by atoms with van der Waals surface area (Å²) in [6.07, 6.45) is 0.558. The zero-order chi connectivity index (χ0) is 25.5. The first kappa shape index (κ1) is 25.6. The largest absolute Gasteiger partial charge is 0.452 e. The zero-order valence-corrected chi connectivity index (χ0v) is 20.8. The highest BCUT2D eigenvalue weighted by atomic mass is 32.2. The van der Waals surface area contributed by atoms with Crippen molar-refractivity contribution in [1.29, 1.82) is 0 Å². The highest BCUT2D eigenvalue weighted by molar-refractivity contribution is 7.89. The number of nitrogens with zero attached hydrogens (tertiary/aromatic N) is 1. The molecule has 8 nitrogen and oxygen atoms in total. The van der Waals surface area contributed by atoms with Crippen molar-refractivity contribution in [3.8, 4) is 0 Å². The van der Waals surface area contributed by atoms with E-state index in [4.69, 9.17) is 9.47 Å². The fraction of sp³-hybridized carbons (Fsp3) is 0.259. The molecule has 9 heteroatoms. The summed E-state index contributed by atoms with van der Waals surface area (Å²) in [6.45, 7) is 2.44. The number of aryl methyl sites for hydroxylation is 1. The van der Waals surface area contributed by atoms with Crippen LogP contribution in [0, 0.1) is 6.92 Å². The lowest BCUT2D eigenvalue weighted by atomic mass is 10.00. The fourth-order valence-electron chi connectivity index (χ4n) is 3.98. The van der Waals surface area contributed by atoms with Gasteiger partial charge in [-0.3, -0.25) is 4.79 Å². The van der Waals surface area contributed by atoms with Crippen LogP contribution in [-0.2, 0) is 30.7 Å². The van der Waals surface area contributed by atoms with Crippen molar-refractivity contribution in [1.82, 2.24) is 4.31 Å². The van der Waals surface area contributed by atoms with Crippen LogP contribution in [0.1, 0.15) is 27.0 Å². The second-order valence-corrected chi connectivity index (χ2v) is 10.3. The van der Waals surface area contributed by atoms with Gasteiger partial charge in [-0.25, -0.2) is 13.2 Å². The molecule has 0 radical (unpaired) electrons. The smallest absolute Gasteiger partial charge is 0.338 e. The van der Waals surface area contributed by atoms with Crippen molar-refractivity contribution < 1.29 is 27.5 Å². The molecule has 0 aliphatic carbocycles. The molecule has 3 aromatic carbocycles. The number of ether oxygens (including phenoxy) is 2. The molecule has 4 rings (SSSR count). The highest BCUT2D eigenvalue weighted by Gasteiger charge is 2.28. The Kier molecular flexibility index (Phi) is 8.14. The lowest BCUT2D eigenvalue weighted by Crippen LogP contribution is -2.40. The van der Waals surface area contributed by atoms with Gasteiger partial charge in [0.2, 0.25) is 10.0 Å². The summed E-state index contributed by atoms with van der Waals surface area (Å²) in [5.41, 5.74) is 3.12. The summed E-state index contributed by atoms with van der Waals surface area (Å²) in [7, 11) is -3.73. The van der Waals surface area contributed by atoms with Crippen LogP contribution in [-0.4, -0.2) is 57.5 Å². The third-order valence-corrected chi connectivity index (χ3v) is 7.91. The van der Waals surface area contributed by atoms with Crippen molar-refractivity contribution >= 4 is 27.6 Å². The number of benzene rings is 3. The number of sulfonamides is 1. The third-order valence-electron chi connectivity index (χ3n) is 5.87. The Labute approximate surface area is 210 Å². The van der Waals surface area contributed by atoms with Gasteiger partial charge in [0.1, 0.15) is 0 Å². The Bertz CT molecular complexity index is 1340. The SMILES string of the molecule is Cc1ccc(NC(=O)COC(=O)c2ccccc2Cc2ccccc2)cc1S(=O)(=O)N1CCOCC1. The summed E-state index contributed by atoms with van der Waals surface area (Å²) in [5.74, 6) is -1.17. The predicted octanol–water partition coefficient (Wildman–Crippen LogP) is 3.40. The lowest BCUT2D eigenvalue weighted by Gasteiger charge is -2.26. The van der Waals surface area contributed by atoms with Crippen LogP contribution >= 0.6 is 0 Å². The molecule has 3 aromatic rings. The van der Waals surface area contributed by atoms with Gasteiger partial charge in [0.05, 0.1) is 23.7 Å². The van der Waals surface area contributed by atoms with Crippen molar-refractivity contribution in [3.63, 3.8) is 0 Å². The molecule has 1 fully saturated rings. The Balaban J connectivity index is 1.40. The second-order valence-electron chi connectivity index (χ2n) is 8.44. The van der Waals surface area contributed by atoms with Crippen LogP contribution in [0.15, 0.2) is 77.7 Å². The topological polar surface area (TPSA) is 102 Å². The first-order valence-electron chi connectivity index (χ1n) is 11.6. The summed E-state index contributed by atoms with van der Waals surface area (Å²) in [6, 6.07) is 21.5.